The smallest absolute Gasteiger partial charge is 0.170 e. The third-order valence-electron chi connectivity index (χ3n) is 2.70. The first-order valence-corrected chi connectivity index (χ1v) is 6.93. The quantitative estimate of drug-likeness (QED) is 0.249. The molecule has 0 atom stereocenters. The maximum Gasteiger partial charge on any atom is 0.170 e. The minimum atomic E-state index is -0.423. The fourth-order valence-electron chi connectivity index (χ4n) is 1.73. The highest BCUT2D eigenvalue weighted by molar-refractivity contribution is 14.1. The third kappa shape index (κ3) is 3.83. The van der Waals surface area contributed by atoms with Crippen molar-refractivity contribution in [1.29, 1.82) is 0 Å². The summed E-state index contributed by atoms with van der Waals surface area (Å²) >= 11 is 2.23. The van der Waals surface area contributed by atoms with E-state index in [9.17, 15) is 4.39 Å². The normalized spacial score (nSPS) is 11.4. The molecular weight excluding hydrogens is 372 g/mol. The number of hydrogen-bond acceptors (Lipinski definition) is 3. The van der Waals surface area contributed by atoms with Crippen molar-refractivity contribution >= 4 is 34.1 Å². The Labute approximate surface area is 129 Å². The Hall–Kier alpha value is -1.83. The number of nitrogens with one attached hydrogen (secondary N) is 1. The van der Waals surface area contributed by atoms with Crippen molar-refractivity contribution in [1.82, 2.24) is 0 Å². The lowest BCUT2D eigenvalue weighted by Crippen LogP contribution is -2.14. The van der Waals surface area contributed by atoms with Crippen molar-refractivity contribution in [2.45, 2.75) is 6.54 Å². The van der Waals surface area contributed by atoms with E-state index < -0.39 is 5.82 Å². The molecular formula is C14H13FIN3O. The number of rotatable bonds is 4. The minimum absolute atomic E-state index is 0.111. The molecule has 0 aromatic heterocycles. The Kier molecular flexibility index (Phi) is 4.78. The monoisotopic (exact) mass is 385 g/mol. The number of oxime groups is 1. The predicted octanol–water partition coefficient (Wildman–Crippen LogP) is 3.14. The number of nitrogens with two attached hydrogens (primary N) is 1. The van der Waals surface area contributed by atoms with E-state index in [1.807, 2.05) is 24.3 Å². The summed E-state index contributed by atoms with van der Waals surface area (Å²) in [5.41, 5.74) is 7.48. The first kappa shape index (κ1) is 14.6. The van der Waals surface area contributed by atoms with Gasteiger partial charge in [-0.3, -0.25) is 0 Å². The Balaban J connectivity index is 2.13. The molecule has 104 valence electrons. The molecule has 0 amide bonds. The van der Waals surface area contributed by atoms with Crippen LogP contribution in [0.4, 0.5) is 10.1 Å². The molecule has 0 bridgehead atoms. The average Bonchev–Trinajstić information content (AvgIpc) is 2.45. The van der Waals surface area contributed by atoms with E-state index in [1.54, 1.807) is 6.07 Å². The topological polar surface area (TPSA) is 70.6 Å². The molecule has 0 radical (unpaired) electrons. The zero-order valence-corrected chi connectivity index (χ0v) is 12.6. The number of benzene rings is 2. The van der Waals surface area contributed by atoms with Gasteiger partial charge in [-0.25, -0.2) is 4.39 Å². The molecule has 0 saturated heterocycles. The number of halogens is 2. The highest BCUT2D eigenvalue weighted by atomic mass is 127. The van der Waals surface area contributed by atoms with Gasteiger partial charge in [-0.05, 0) is 70.6 Å². The Morgan fingerprint density at radius 1 is 1.25 bits per heavy atom. The van der Waals surface area contributed by atoms with Crippen molar-refractivity contribution in [2.75, 3.05) is 5.32 Å². The van der Waals surface area contributed by atoms with Gasteiger partial charge in [0, 0.05) is 21.4 Å². The lowest BCUT2D eigenvalue weighted by Gasteiger charge is -2.08. The summed E-state index contributed by atoms with van der Waals surface area (Å²) in [6.45, 7) is 0.448. The number of hydrogen-bond donors (Lipinski definition) is 3. The first-order chi connectivity index (χ1) is 9.58. The average molecular weight is 385 g/mol. The predicted molar refractivity (Wildman–Crippen MR) is 85.4 cm³/mol. The van der Waals surface area contributed by atoms with Gasteiger partial charge < -0.3 is 16.3 Å². The molecule has 20 heavy (non-hydrogen) atoms. The molecule has 0 aliphatic carbocycles. The van der Waals surface area contributed by atoms with Gasteiger partial charge in [0.1, 0.15) is 5.82 Å². The molecule has 2 rings (SSSR count). The molecule has 2 aromatic rings. The van der Waals surface area contributed by atoms with E-state index >= 15 is 0 Å². The van der Waals surface area contributed by atoms with Crippen molar-refractivity contribution < 1.29 is 9.60 Å². The Morgan fingerprint density at radius 3 is 2.60 bits per heavy atom. The van der Waals surface area contributed by atoms with Crippen molar-refractivity contribution in [2.24, 2.45) is 10.9 Å². The SMILES string of the molecule is N/C(=N/O)c1cc(F)cc(CNc2ccc(I)cc2)c1. The van der Waals surface area contributed by atoms with Crippen molar-refractivity contribution in [3.63, 3.8) is 0 Å². The maximum absolute atomic E-state index is 13.5. The van der Waals surface area contributed by atoms with E-state index in [4.69, 9.17) is 10.9 Å². The van der Waals surface area contributed by atoms with E-state index in [-0.39, 0.29) is 5.84 Å². The zero-order valence-electron chi connectivity index (χ0n) is 10.5. The van der Waals surface area contributed by atoms with E-state index in [0.717, 1.165) is 9.26 Å². The summed E-state index contributed by atoms with van der Waals surface area (Å²) in [5.74, 6) is -0.534. The van der Waals surface area contributed by atoms with Crippen LogP contribution in [-0.4, -0.2) is 11.0 Å². The third-order valence-corrected chi connectivity index (χ3v) is 3.42. The first-order valence-electron chi connectivity index (χ1n) is 5.85. The van der Waals surface area contributed by atoms with Crippen molar-refractivity contribution in [3.05, 3.63) is 63.0 Å². The van der Waals surface area contributed by atoms with Gasteiger partial charge in [0.15, 0.2) is 5.84 Å². The molecule has 0 unspecified atom stereocenters. The van der Waals surface area contributed by atoms with Crippen LogP contribution in [0.1, 0.15) is 11.1 Å². The highest BCUT2D eigenvalue weighted by Crippen LogP contribution is 2.14. The van der Waals surface area contributed by atoms with Gasteiger partial charge in [0.2, 0.25) is 0 Å². The van der Waals surface area contributed by atoms with Crippen LogP contribution in [0.3, 0.4) is 0 Å². The van der Waals surface area contributed by atoms with Crippen LogP contribution in [0, 0.1) is 9.39 Å². The van der Waals surface area contributed by atoms with E-state index in [1.165, 1.54) is 12.1 Å². The highest BCUT2D eigenvalue weighted by Gasteiger charge is 2.05. The van der Waals surface area contributed by atoms with Crippen LogP contribution < -0.4 is 11.1 Å². The molecule has 0 aliphatic rings. The standard InChI is InChI=1S/C14H13FIN3O/c15-11-6-9(5-10(7-11)14(17)19-20)8-18-13-3-1-12(16)2-4-13/h1-7,18,20H,8H2,(H2,17,19). The van der Waals surface area contributed by atoms with Crippen LogP contribution in [0.2, 0.25) is 0 Å². The van der Waals surface area contributed by atoms with Crippen LogP contribution in [0.5, 0.6) is 0 Å². The minimum Gasteiger partial charge on any atom is -0.409 e. The van der Waals surface area contributed by atoms with E-state index in [0.29, 0.717) is 17.7 Å². The van der Waals surface area contributed by atoms with Crippen LogP contribution in [0.15, 0.2) is 47.6 Å². The zero-order chi connectivity index (χ0) is 14.5. The molecule has 4 nitrogen and oxygen atoms in total. The van der Waals surface area contributed by atoms with Gasteiger partial charge in [0.25, 0.3) is 0 Å². The van der Waals surface area contributed by atoms with Crippen molar-refractivity contribution in [3.8, 4) is 0 Å². The second-order valence-corrected chi connectivity index (χ2v) is 5.44. The second-order valence-electron chi connectivity index (χ2n) is 4.19. The Bertz CT molecular complexity index is 629. The lowest BCUT2D eigenvalue weighted by atomic mass is 10.1. The molecule has 0 heterocycles. The number of anilines is 1. The summed E-state index contributed by atoms with van der Waals surface area (Å²) in [5, 5.41) is 14.7. The van der Waals surface area contributed by atoms with Gasteiger partial charge in [-0.1, -0.05) is 5.16 Å². The van der Waals surface area contributed by atoms with Crippen LogP contribution >= 0.6 is 22.6 Å². The van der Waals surface area contributed by atoms with Crippen LogP contribution in [0.25, 0.3) is 0 Å². The second kappa shape index (κ2) is 6.56. The van der Waals surface area contributed by atoms with Gasteiger partial charge in [-0.15, -0.1) is 0 Å². The summed E-state index contributed by atoms with van der Waals surface area (Å²) in [7, 11) is 0. The summed E-state index contributed by atoms with van der Waals surface area (Å²) in [6.07, 6.45) is 0. The molecule has 6 heteroatoms. The summed E-state index contributed by atoms with van der Waals surface area (Å²) in [6, 6.07) is 12.2. The largest absolute Gasteiger partial charge is 0.409 e. The lowest BCUT2D eigenvalue weighted by molar-refractivity contribution is 0.318. The Morgan fingerprint density at radius 2 is 1.95 bits per heavy atom. The number of amidine groups is 1. The van der Waals surface area contributed by atoms with Gasteiger partial charge in [0.05, 0.1) is 0 Å². The van der Waals surface area contributed by atoms with E-state index in [2.05, 4.69) is 33.1 Å². The number of nitrogens with zero attached hydrogens (tertiary/aromatic N) is 1. The molecule has 4 N–H and O–H groups in total. The molecule has 0 spiro atoms. The van der Waals surface area contributed by atoms with Gasteiger partial charge >= 0.3 is 0 Å². The molecule has 0 saturated carbocycles. The maximum atomic E-state index is 13.5. The van der Waals surface area contributed by atoms with Crippen LogP contribution in [-0.2, 0) is 6.54 Å². The summed E-state index contributed by atoms with van der Waals surface area (Å²) in [4.78, 5) is 0. The summed E-state index contributed by atoms with van der Waals surface area (Å²) < 4.78 is 14.6. The molecule has 0 aliphatic heterocycles. The fourth-order valence-corrected chi connectivity index (χ4v) is 2.09. The molecule has 0 fully saturated rings. The fraction of sp³-hybridized carbons (Fsp3) is 0.0714. The van der Waals surface area contributed by atoms with Gasteiger partial charge in [-0.2, -0.15) is 0 Å². The molecule has 2 aromatic carbocycles.